The maximum Gasteiger partial charge on any atom is 0.0695 e. The van der Waals surface area contributed by atoms with Gasteiger partial charge in [0.25, 0.3) is 0 Å². The summed E-state index contributed by atoms with van der Waals surface area (Å²) in [5.74, 6) is 0.961. The first-order valence-corrected chi connectivity index (χ1v) is 7.30. The van der Waals surface area contributed by atoms with Crippen LogP contribution >= 0.6 is 0 Å². The van der Waals surface area contributed by atoms with E-state index in [2.05, 4.69) is 4.90 Å². The highest BCUT2D eigenvalue weighted by Gasteiger charge is 2.40. The van der Waals surface area contributed by atoms with Crippen LogP contribution in [0.4, 0.5) is 0 Å². The molecule has 3 fully saturated rings. The Bertz CT molecular complexity index is 243. The first-order chi connectivity index (χ1) is 7.86. The van der Waals surface area contributed by atoms with Crippen LogP contribution in [0.2, 0.25) is 0 Å². The summed E-state index contributed by atoms with van der Waals surface area (Å²) >= 11 is 0. The maximum absolute atomic E-state index is 10.2. The Morgan fingerprint density at radius 1 is 0.750 bits per heavy atom. The van der Waals surface area contributed by atoms with E-state index >= 15 is 0 Å². The van der Waals surface area contributed by atoms with Gasteiger partial charge < -0.3 is 5.11 Å². The number of fused-ring (bicyclic) bond motifs is 1. The molecule has 2 unspecified atom stereocenters. The van der Waals surface area contributed by atoms with E-state index in [0.29, 0.717) is 6.04 Å². The molecule has 0 spiro atoms. The molecule has 3 rings (SSSR count). The molecule has 4 atom stereocenters. The van der Waals surface area contributed by atoms with Gasteiger partial charge in [-0.15, -0.1) is 0 Å². The molecule has 1 N–H and O–H groups in total. The van der Waals surface area contributed by atoms with Gasteiger partial charge in [-0.25, -0.2) is 0 Å². The predicted octanol–water partition coefficient (Wildman–Crippen LogP) is 2.55. The molecule has 16 heavy (non-hydrogen) atoms. The van der Waals surface area contributed by atoms with Crippen LogP contribution < -0.4 is 0 Å². The Kier molecular flexibility index (Phi) is 3.21. The van der Waals surface area contributed by atoms with E-state index in [-0.39, 0.29) is 6.10 Å². The second kappa shape index (κ2) is 4.66. The SMILES string of the molecule is O[C@H]1CCCC[C@@H]1N1CCCC2CCCC21. The van der Waals surface area contributed by atoms with E-state index in [1.807, 2.05) is 0 Å². The Balaban J connectivity index is 1.71. The Labute approximate surface area is 99.0 Å². The van der Waals surface area contributed by atoms with Crippen molar-refractivity contribution < 1.29 is 5.11 Å². The van der Waals surface area contributed by atoms with Gasteiger partial charge >= 0.3 is 0 Å². The standard InChI is InChI=1S/C14H25NO/c16-14-9-2-1-7-13(14)15-10-4-6-11-5-3-8-12(11)15/h11-14,16H,1-10H2/t11?,12?,13-,14-/m0/s1. The largest absolute Gasteiger partial charge is 0.391 e. The highest BCUT2D eigenvalue weighted by atomic mass is 16.3. The molecular formula is C14H25NO. The quantitative estimate of drug-likeness (QED) is 0.738. The summed E-state index contributed by atoms with van der Waals surface area (Å²) in [5, 5.41) is 10.2. The second-order valence-corrected chi connectivity index (χ2v) is 6.06. The van der Waals surface area contributed by atoms with Gasteiger partial charge in [-0.2, -0.15) is 0 Å². The molecule has 92 valence electrons. The topological polar surface area (TPSA) is 23.5 Å². The molecule has 0 bridgehead atoms. The summed E-state index contributed by atoms with van der Waals surface area (Å²) in [6, 6.07) is 1.33. The number of nitrogens with zero attached hydrogens (tertiary/aromatic N) is 1. The van der Waals surface area contributed by atoms with Crippen molar-refractivity contribution in [3.05, 3.63) is 0 Å². The van der Waals surface area contributed by atoms with Gasteiger partial charge in [0.1, 0.15) is 0 Å². The molecular weight excluding hydrogens is 198 g/mol. The van der Waals surface area contributed by atoms with Gasteiger partial charge in [-0.3, -0.25) is 4.90 Å². The summed E-state index contributed by atoms with van der Waals surface area (Å²) in [5.41, 5.74) is 0. The van der Waals surface area contributed by atoms with Gasteiger partial charge in [-0.1, -0.05) is 19.3 Å². The smallest absolute Gasteiger partial charge is 0.0695 e. The minimum absolute atomic E-state index is 0.0342. The fourth-order valence-electron chi connectivity index (χ4n) is 4.38. The third kappa shape index (κ3) is 1.91. The van der Waals surface area contributed by atoms with Crippen LogP contribution in [-0.4, -0.2) is 34.7 Å². The van der Waals surface area contributed by atoms with Crippen molar-refractivity contribution in [3.63, 3.8) is 0 Å². The van der Waals surface area contributed by atoms with Crippen LogP contribution in [0, 0.1) is 5.92 Å². The lowest BCUT2D eigenvalue weighted by atomic mass is 9.85. The lowest BCUT2D eigenvalue weighted by Gasteiger charge is -2.46. The minimum atomic E-state index is -0.0342. The first-order valence-electron chi connectivity index (χ1n) is 7.30. The first kappa shape index (κ1) is 11.0. The van der Waals surface area contributed by atoms with Gasteiger partial charge in [0.15, 0.2) is 0 Å². The molecule has 2 heteroatoms. The molecule has 1 heterocycles. The minimum Gasteiger partial charge on any atom is -0.391 e. The summed E-state index contributed by atoms with van der Waals surface area (Å²) < 4.78 is 0. The highest BCUT2D eigenvalue weighted by molar-refractivity contribution is 4.95. The molecule has 0 aromatic carbocycles. The van der Waals surface area contributed by atoms with Crippen molar-refractivity contribution in [2.75, 3.05) is 6.54 Å². The summed E-state index contributed by atoms with van der Waals surface area (Å²) in [7, 11) is 0. The van der Waals surface area contributed by atoms with Crippen molar-refractivity contribution in [1.29, 1.82) is 0 Å². The molecule has 0 aromatic rings. The zero-order chi connectivity index (χ0) is 11.0. The third-order valence-corrected chi connectivity index (χ3v) is 5.16. The number of aliphatic hydroxyl groups excluding tert-OH is 1. The summed E-state index contributed by atoms with van der Waals surface area (Å²) in [6.45, 7) is 1.25. The lowest BCUT2D eigenvalue weighted by molar-refractivity contribution is -0.0252. The number of aliphatic hydroxyl groups is 1. The zero-order valence-corrected chi connectivity index (χ0v) is 10.3. The maximum atomic E-state index is 10.2. The van der Waals surface area contributed by atoms with Gasteiger partial charge in [0.05, 0.1) is 6.10 Å². The van der Waals surface area contributed by atoms with Crippen molar-refractivity contribution >= 4 is 0 Å². The van der Waals surface area contributed by atoms with Crippen LogP contribution in [0.5, 0.6) is 0 Å². The van der Waals surface area contributed by atoms with E-state index in [1.165, 1.54) is 57.9 Å². The normalized spacial score (nSPS) is 45.6. The van der Waals surface area contributed by atoms with Crippen molar-refractivity contribution in [2.24, 2.45) is 5.92 Å². The Morgan fingerprint density at radius 3 is 2.38 bits per heavy atom. The average molecular weight is 223 g/mol. The predicted molar refractivity (Wildman–Crippen MR) is 65.3 cm³/mol. The van der Waals surface area contributed by atoms with Crippen LogP contribution in [0.1, 0.15) is 57.8 Å². The molecule has 0 radical (unpaired) electrons. The van der Waals surface area contributed by atoms with E-state index in [1.54, 1.807) is 0 Å². The Hall–Kier alpha value is -0.0800. The number of rotatable bonds is 1. The molecule has 1 aliphatic heterocycles. The lowest BCUT2D eigenvalue weighted by Crippen LogP contribution is -2.53. The molecule has 3 aliphatic rings. The van der Waals surface area contributed by atoms with Crippen molar-refractivity contribution in [1.82, 2.24) is 4.90 Å². The van der Waals surface area contributed by atoms with Crippen molar-refractivity contribution in [3.8, 4) is 0 Å². The number of hydrogen-bond donors (Lipinski definition) is 1. The van der Waals surface area contributed by atoms with E-state index in [9.17, 15) is 5.11 Å². The molecule has 2 saturated carbocycles. The van der Waals surface area contributed by atoms with Crippen LogP contribution in [0.3, 0.4) is 0 Å². The van der Waals surface area contributed by atoms with Crippen molar-refractivity contribution in [2.45, 2.75) is 76.0 Å². The van der Waals surface area contributed by atoms with E-state index in [4.69, 9.17) is 0 Å². The fourth-order valence-corrected chi connectivity index (χ4v) is 4.38. The zero-order valence-electron chi connectivity index (χ0n) is 10.3. The Morgan fingerprint density at radius 2 is 1.50 bits per heavy atom. The summed E-state index contributed by atoms with van der Waals surface area (Å²) in [4.78, 5) is 2.70. The molecule has 0 amide bonds. The average Bonchev–Trinajstić information content (AvgIpc) is 2.77. The van der Waals surface area contributed by atoms with Crippen LogP contribution in [0.15, 0.2) is 0 Å². The van der Waals surface area contributed by atoms with Gasteiger partial charge in [0, 0.05) is 12.1 Å². The highest BCUT2D eigenvalue weighted by Crippen LogP contribution is 2.39. The monoisotopic (exact) mass is 223 g/mol. The number of piperidine rings is 1. The third-order valence-electron chi connectivity index (χ3n) is 5.16. The molecule has 0 aromatic heterocycles. The van der Waals surface area contributed by atoms with E-state index < -0.39 is 0 Å². The van der Waals surface area contributed by atoms with Gasteiger partial charge in [-0.05, 0) is 51.0 Å². The molecule has 1 saturated heterocycles. The number of likely N-dealkylation sites (tertiary alicyclic amines) is 1. The van der Waals surface area contributed by atoms with Crippen LogP contribution in [-0.2, 0) is 0 Å². The van der Waals surface area contributed by atoms with Gasteiger partial charge in [0.2, 0.25) is 0 Å². The number of hydrogen-bond acceptors (Lipinski definition) is 2. The molecule has 2 nitrogen and oxygen atoms in total. The second-order valence-electron chi connectivity index (χ2n) is 6.06. The van der Waals surface area contributed by atoms with E-state index in [0.717, 1.165) is 18.4 Å². The van der Waals surface area contributed by atoms with Crippen LogP contribution in [0.25, 0.3) is 0 Å². The fraction of sp³-hybridized carbons (Fsp3) is 1.00. The summed E-state index contributed by atoms with van der Waals surface area (Å²) in [6.07, 6.45) is 11.9. The molecule has 2 aliphatic carbocycles.